The van der Waals surface area contributed by atoms with Gasteiger partial charge in [0.25, 0.3) is 0 Å². The molecule has 4 rings (SSSR count). The van der Waals surface area contributed by atoms with Crippen molar-refractivity contribution < 1.29 is 9.53 Å². The van der Waals surface area contributed by atoms with Gasteiger partial charge in [-0.2, -0.15) is 0 Å². The van der Waals surface area contributed by atoms with Crippen LogP contribution in [0.4, 0.5) is 22.0 Å². The number of nitrogens with zero attached hydrogens (tertiary/aromatic N) is 2. The lowest BCUT2D eigenvalue weighted by atomic mass is 10.0. The molecule has 152 valence electrons. The topological polar surface area (TPSA) is 102 Å². The molecule has 2 heterocycles. The highest BCUT2D eigenvalue weighted by Gasteiger charge is 2.17. The highest BCUT2D eigenvalue weighted by Crippen LogP contribution is 2.41. The molecular weight excluding hydrogens is 422 g/mol. The zero-order chi connectivity index (χ0) is 21.3. The Kier molecular flexibility index (Phi) is 5.43. The van der Waals surface area contributed by atoms with E-state index in [0.717, 1.165) is 26.2 Å². The number of fused-ring (bicyclic) bond motifs is 1. The number of aromatic nitrogens is 2. The number of amides is 2. The number of rotatable bonds is 4. The summed E-state index contributed by atoms with van der Waals surface area (Å²) in [6.45, 7) is 2.01. The zero-order valence-electron chi connectivity index (χ0n) is 16.2. The number of halogens is 1. The van der Waals surface area contributed by atoms with Crippen molar-refractivity contribution >= 4 is 56.4 Å². The Morgan fingerprint density at radius 3 is 2.77 bits per heavy atom. The predicted molar refractivity (Wildman–Crippen MR) is 123 cm³/mol. The van der Waals surface area contributed by atoms with Crippen molar-refractivity contribution in [2.24, 2.45) is 0 Å². The maximum absolute atomic E-state index is 12.4. The first-order valence-corrected chi connectivity index (χ1v) is 10.2. The highest BCUT2D eigenvalue weighted by molar-refractivity contribution is 7.19. The zero-order valence-corrected chi connectivity index (χ0v) is 17.8. The van der Waals surface area contributed by atoms with Gasteiger partial charge < -0.3 is 21.1 Å². The van der Waals surface area contributed by atoms with Crippen LogP contribution in [0.25, 0.3) is 21.3 Å². The molecule has 2 aromatic carbocycles. The van der Waals surface area contributed by atoms with Gasteiger partial charge >= 0.3 is 6.03 Å². The fourth-order valence-corrected chi connectivity index (χ4v) is 4.43. The van der Waals surface area contributed by atoms with E-state index in [4.69, 9.17) is 22.1 Å². The van der Waals surface area contributed by atoms with Crippen LogP contribution in [0, 0.1) is 6.92 Å². The van der Waals surface area contributed by atoms with E-state index in [1.165, 1.54) is 6.33 Å². The maximum Gasteiger partial charge on any atom is 0.323 e. The SMILES string of the molecule is COc1cc(-c2c(C)sc3ncnc(N)c23)ccc1NC(=O)Nc1cccc(Cl)c1. The van der Waals surface area contributed by atoms with Crippen LogP contribution in [-0.4, -0.2) is 23.1 Å². The number of hydrogen-bond acceptors (Lipinski definition) is 6. The molecule has 0 saturated carbocycles. The van der Waals surface area contributed by atoms with Crippen LogP contribution >= 0.6 is 22.9 Å². The van der Waals surface area contributed by atoms with E-state index in [2.05, 4.69) is 20.6 Å². The lowest BCUT2D eigenvalue weighted by Crippen LogP contribution is -2.19. The van der Waals surface area contributed by atoms with E-state index >= 15 is 0 Å². The van der Waals surface area contributed by atoms with Gasteiger partial charge in [0.1, 0.15) is 22.7 Å². The molecule has 4 N–H and O–H groups in total. The summed E-state index contributed by atoms with van der Waals surface area (Å²) in [5.41, 5.74) is 9.09. The minimum absolute atomic E-state index is 0.405. The normalized spacial score (nSPS) is 10.8. The Morgan fingerprint density at radius 2 is 2.00 bits per heavy atom. The van der Waals surface area contributed by atoms with Gasteiger partial charge in [-0.15, -0.1) is 11.3 Å². The Bertz CT molecular complexity index is 1260. The molecule has 0 unspecified atom stereocenters. The van der Waals surface area contributed by atoms with Gasteiger partial charge in [-0.1, -0.05) is 23.7 Å². The molecule has 9 heteroatoms. The lowest BCUT2D eigenvalue weighted by Gasteiger charge is -2.13. The number of anilines is 3. The van der Waals surface area contributed by atoms with Gasteiger partial charge in [0.15, 0.2) is 0 Å². The molecule has 0 radical (unpaired) electrons. The molecule has 2 aromatic heterocycles. The summed E-state index contributed by atoms with van der Waals surface area (Å²) >= 11 is 7.52. The van der Waals surface area contributed by atoms with Crippen molar-refractivity contribution in [3.63, 3.8) is 0 Å². The Hall–Kier alpha value is -3.36. The number of nitrogens with one attached hydrogen (secondary N) is 2. The van der Waals surface area contributed by atoms with Crippen molar-refractivity contribution in [1.29, 1.82) is 0 Å². The first-order chi connectivity index (χ1) is 14.5. The number of benzene rings is 2. The van der Waals surface area contributed by atoms with Gasteiger partial charge in [-0.05, 0) is 42.8 Å². The highest BCUT2D eigenvalue weighted by atomic mass is 35.5. The molecular formula is C21H18ClN5O2S. The number of carbonyl (C=O) groups is 1. The van der Waals surface area contributed by atoms with Crippen molar-refractivity contribution in [2.45, 2.75) is 6.92 Å². The number of aryl methyl sites for hydroxylation is 1. The molecule has 0 bridgehead atoms. The fourth-order valence-electron chi connectivity index (χ4n) is 3.22. The molecule has 0 aliphatic heterocycles. The van der Waals surface area contributed by atoms with E-state index < -0.39 is 6.03 Å². The molecule has 7 nitrogen and oxygen atoms in total. The Balaban J connectivity index is 1.64. The second-order valence-electron chi connectivity index (χ2n) is 6.48. The molecule has 0 spiro atoms. The third-order valence-corrected chi connectivity index (χ3v) is 5.76. The monoisotopic (exact) mass is 439 g/mol. The third-order valence-electron chi connectivity index (χ3n) is 4.51. The molecule has 0 fully saturated rings. The van der Waals surface area contributed by atoms with E-state index in [9.17, 15) is 4.79 Å². The number of nitrogens with two attached hydrogens (primary N) is 1. The average Bonchev–Trinajstić information content (AvgIpc) is 3.05. The Labute approximate surface area is 181 Å². The van der Waals surface area contributed by atoms with E-state index in [1.54, 1.807) is 48.8 Å². The third kappa shape index (κ3) is 3.87. The molecule has 2 amide bonds. The van der Waals surface area contributed by atoms with E-state index in [0.29, 0.717) is 28.0 Å². The summed E-state index contributed by atoms with van der Waals surface area (Å²) in [5.74, 6) is 0.948. The first kappa shape index (κ1) is 19.9. The maximum atomic E-state index is 12.4. The average molecular weight is 440 g/mol. The number of thiophene rings is 1. The first-order valence-electron chi connectivity index (χ1n) is 8.98. The number of nitrogen functional groups attached to an aromatic ring is 1. The van der Waals surface area contributed by atoms with Crippen LogP contribution < -0.4 is 21.1 Å². The minimum atomic E-state index is -0.405. The number of methoxy groups -OCH3 is 1. The van der Waals surface area contributed by atoms with Crippen LogP contribution in [0.2, 0.25) is 5.02 Å². The smallest absolute Gasteiger partial charge is 0.323 e. The molecule has 4 aromatic rings. The second kappa shape index (κ2) is 8.17. The standard InChI is InChI=1S/C21H18ClN5O2S/c1-11-17(18-19(23)24-10-25-20(18)30-11)12-6-7-15(16(8-12)29-2)27-21(28)26-14-5-3-4-13(22)9-14/h3-10H,1-2H3,(H2,23,24,25)(H2,26,27,28). The Morgan fingerprint density at radius 1 is 1.17 bits per heavy atom. The van der Waals surface area contributed by atoms with E-state index in [1.807, 2.05) is 19.1 Å². The van der Waals surface area contributed by atoms with Crippen LogP contribution in [0.3, 0.4) is 0 Å². The van der Waals surface area contributed by atoms with Crippen LogP contribution in [0.1, 0.15) is 4.88 Å². The molecule has 0 atom stereocenters. The predicted octanol–water partition coefficient (Wildman–Crippen LogP) is 5.55. The summed E-state index contributed by atoms with van der Waals surface area (Å²) in [6.07, 6.45) is 1.46. The second-order valence-corrected chi connectivity index (χ2v) is 8.12. The van der Waals surface area contributed by atoms with Crippen LogP contribution in [0.5, 0.6) is 5.75 Å². The quantitative estimate of drug-likeness (QED) is 0.386. The van der Waals surface area contributed by atoms with Crippen LogP contribution in [-0.2, 0) is 0 Å². The van der Waals surface area contributed by atoms with Crippen molar-refractivity contribution in [1.82, 2.24) is 9.97 Å². The van der Waals surface area contributed by atoms with Crippen LogP contribution in [0.15, 0.2) is 48.8 Å². The van der Waals surface area contributed by atoms with Gasteiger partial charge in [-0.25, -0.2) is 14.8 Å². The number of carbonyl (C=O) groups excluding carboxylic acids is 1. The van der Waals surface area contributed by atoms with E-state index in [-0.39, 0.29) is 0 Å². The summed E-state index contributed by atoms with van der Waals surface area (Å²) in [6, 6.07) is 12.1. The van der Waals surface area contributed by atoms with Gasteiger partial charge in [0.2, 0.25) is 0 Å². The van der Waals surface area contributed by atoms with Crippen molar-refractivity contribution in [2.75, 3.05) is 23.5 Å². The number of ether oxygens (including phenoxy) is 1. The summed E-state index contributed by atoms with van der Waals surface area (Å²) < 4.78 is 5.51. The number of urea groups is 1. The summed E-state index contributed by atoms with van der Waals surface area (Å²) in [5, 5.41) is 6.90. The van der Waals surface area contributed by atoms with Crippen molar-refractivity contribution in [3.05, 3.63) is 58.7 Å². The minimum Gasteiger partial charge on any atom is -0.495 e. The fraction of sp³-hybridized carbons (Fsp3) is 0.0952. The summed E-state index contributed by atoms with van der Waals surface area (Å²) in [7, 11) is 1.55. The molecule has 0 saturated heterocycles. The van der Waals surface area contributed by atoms with Gasteiger partial charge in [-0.3, -0.25) is 0 Å². The molecule has 0 aliphatic rings. The number of hydrogen-bond donors (Lipinski definition) is 3. The summed E-state index contributed by atoms with van der Waals surface area (Å²) in [4.78, 5) is 22.7. The molecule has 0 aliphatic carbocycles. The molecule has 30 heavy (non-hydrogen) atoms. The lowest BCUT2D eigenvalue weighted by molar-refractivity contribution is 0.262. The van der Waals surface area contributed by atoms with Gasteiger partial charge in [0.05, 0.1) is 18.2 Å². The largest absolute Gasteiger partial charge is 0.495 e. The van der Waals surface area contributed by atoms with Gasteiger partial charge in [0, 0.05) is 21.2 Å². The van der Waals surface area contributed by atoms with Crippen molar-refractivity contribution in [3.8, 4) is 16.9 Å².